The van der Waals surface area contributed by atoms with Gasteiger partial charge in [0.25, 0.3) is 0 Å². The fourth-order valence-electron chi connectivity index (χ4n) is 3.88. The molecule has 4 nitrogen and oxygen atoms in total. The quantitative estimate of drug-likeness (QED) is 0.121. The highest BCUT2D eigenvalue weighted by atomic mass is 16.3. The number of unbranched alkanes of at least 4 members (excludes halogenated alkanes) is 16. The molecule has 3 N–H and O–H groups in total. The van der Waals surface area contributed by atoms with Crippen molar-refractivity contribution in [1.82, 2.24) is 5.32 Å². The maximum absolute atomic E-state index is 12.0. The number of amides is 1. The SMILES string of the molecule is CCCCCCCCCCCCCC/C=C/C(O)C(CO)NC(=O)CCCCCCC. The lowest BCUT2D eigenvalue weighted by Gasteiger charge is -2.20. The van der Waals surface area contributed by atoms with Crippen LogP contribution in [-0.2, 0) is 4.79 Å². The molecule has 2 unspecified atom stereocenters. The highest BCUT2D eigenvalue weighted by Crippen LogP contribution is 2.13. The van der Waals surface area contributed by atoms with Crippen molar-refractivity contribution in [2.45, 2.75) is 148 Å². The summed E-state index contributed by atoms with van der Waals surface area (Å²) in [5.41, 5.74) is 0. The molecule has 0 aromatic heterocycles. The standard InChI is InChI=1S/C27H53NO3/c1-3-5-7-9-10-11-12-13-14-15-16-17-19-20-22-26(30)25(24-29)28-27(31)23-21-18-8-6-4-2/h20,22,25-26,29-30H,3-19,21,23-24H2,1-2H3,(H,28,31)/b22-20+. The van der Waals surface area contributed by atoms with E-state index in [9.17, 15) is 15.0 Å². The Balaban J connectivity index is 3.66. The minimum Gasteiger partial charge on any atom is -0.394 e. The molecule has 0 aliphatic heterocycles. The molecule has 0 saturated heterocycles. The van der Waals surface area contributed by atoms with Gasteiger partial charge in [0, 0.05) is 6.42 Å². The van der Waals surface area contributed by atoms with E-state index in [4.69, 9.17) is 0 Å². The third kappa shape index (κ3) is 20.8. The number of rotatable bonds is 23. The highest BCUT2D eigenvalue weighted by molar-refractivity contribution is 5.76. The Labute approximate surface area is 193 Å². The zero-order chi connectivity index (χ0) is 23.0. The third-order valence-electron chi connectivity index (χ3n) is 6.02. The normalized spacial score (nSPS) is 13.5. The number of aliphatic hydroxyl groups excluding tert-OH is 2. The van der Waals surface area contributed by atoms with Gasteiger partial charge in [0.15, 0.2) is 0 Å². The summed E-state index contributed by atoms with van der Waals surface area (Å²) >= 11 is 0. The molecule has 4 heteroatoms. The van der Waals surface area contributed by atoms with E-state index in [2.05, 4.69) is 19.2 Å². The maximum atomic E-state index is 12.0. The molecular weight excluding hydrogens is 386 g/mol. The number of carbonyl (C=O) groups is 1. The summed E-state index contributed by atoms with van der Waals surface area (Å²) in [4.78, 5) is 12.0. The van der Waals surface area contributed by atoms with Crippen LogP contribution < -0.4 is 5.32 Å². The van der Waals surface area contributed by atoms with E-state index in [1.165, 1.54) is 83.5 Å². The Morgan fingerprint density at radius 1 is 0.742 bits per heavy atom. The largest absolute Gasteiger partial charge is 0.394 e. The summed E-state index contributed by atoms with van der Waals surface area (Å²) in [5.74, 6) is -0.0797. The molecule has 0 saturated carbocycles. The van der Waals surface area contributed by atoms with E-state index in [1.54, 1.807) is 6.08 Å². The predicted octanol–water partition coefficient (Wildman–Crippen LogP) is 6.83. The van der Waals surface area contributed by atoms with Crippen LogP contribution in [0.2, 0.25) is 0 Å². The zero-order valence-electron chi connectivity index (χ0n) is 20.8. The maximum Gasteiger partial charge on any atom is 0.220 e. The molecule has 0 aliphatic rings. The van der Waals surface area contributed by atoms with Gasteiger partial charge >= 0.3 is 0 Å². The molecule has 0 rings (SSSR count). The van der Waals surface area contributed by atoms with Gasteiger partial charge in [-0.25, -0.2) is 0 Å². The van der Waals surface area contributed by atoms with Crippen LogP contribution in [0.4, 0.5) is 0 Å². The Morgan fingerprint density at radius 3 is 1.68 bits per heavy atom. The van der Waals surface area contributed by atoms with Crippen molar-refractivity contribution in [3.63, 3.8) is 0 Å². The second-order valence-electron chi connectivity index (χ2n) is 9.12. The lowest BCUT2D eigenvalue weighted by Crippen LogP contribution is -2.45. The first-order chi connectivity index (χ1) is 15.2. The van der Waals surface area contributed by atoms with Gasteiger partial charge in [0.1, 0.15) is 0 Å². The van der Waals surface area contributed by atoms with Crippen LogP contribution in [-0.4, -0.2) is 34.9 Å². The lowest BCUT2D eigenvalue weighted by atomic mass is 10.0. The van der Waals surface area contributed by atoms with Crippen molar-refractivity contribution in [1.29, 1.82) is 0 Å². The Kier molecular flexibility index (Phi) is 23.1. The fraction of sp³-hybridized carbons (Fsp3) is 0.889. The molecule has 184 valence electrons. The number of aliphatic hydroxyl groups is 2. The zero-order valence-corrected chi connectivity index (χ0v) is 20.8. The van der Waals surface area contributed by atoms with E-state index in [1.807, 2.05) is 6.08 Å². The minimum atomic E-state index is -0.827. The van der Waals surface area contributed by atoms with Crippen LogP contribution in [0.15, 0.2) is 12.2 Å². The van der Waals surface area contributed by atoms with Gasteiger partial charge < -0.3 is 15.5 Å². The van der Waals surface area contributed by atoms with E-state index >= 15 is 0 Å². The number of allylic oxidation sites excluding steroid dienone is 1. The molecule has 0 aliphatic carbocycles. The molecule has 0 fully saturated rings. The first-order valence-corrected chi connectivity index (χ1v) is 13.4. The number of hydrogen-bond donors (Lipinski definition) is 3. The van der Waals surface area contributed by atoms with Crippen molar-refractivity contribution in [2.75, 3.05) is 6.61 Å². The van der Waals surface area contributed by atoms with E-state index in [0.29, 0.717) is 6.42 Å². The molecule has 2 atom stereocenters. The molecule has 0 radical (unpaired) electrons. The summed E-state index contributed by atoms with van der Waals surface area (Å²) in [6.45, 7) is 4.19. The average Bonchev–Trinajstić information content (AvgIpc) is 2.77. The van der Waals surface area contributed by atoms with Crippen LogP contribution in [0.5, 0.6) is 0 Å². The monoisotopic (exact) mass is 439 g/mol. The summed E-state index contributed by atoms with van der Waals surface area (Å²) in [6.07, 6.45) is 25.8. The first-order valence-electron chi connectivity index (χ1n) is 13.4. The smallest absolute Gasteiger partial charge is 0.220 e. The van der Waals surface area contributed by atoms with Crippen molar-refractivity contribution in [3.05, 3.63) is 12.2 Å². The van der Waals surface area contributed by atoms with E-state index in [0.717, 1.165) is 32.1 Å². The molecule has 0 spiro atoms. The van der Waals surface area contributed by atoms with Crippen molar-refractivity contribution < 1.29 is 15.0 Å². The predicted molar refractivity (Wildman–Crippen MR) is 133 cm³/mol. The molecule has 0 aromatic carbocycles. The van der Waals surface area contributed by atoms with Gasteiger partial charge in [0.05, 0.1) is 18.8 Å². The molecule has 31 heavy (non-hydrogen) atoms. The van der Waals surface area contributed by atoms with Crippen LogP contribution in [0.3, 0.4) is 0 Å². The van der Waals surface area contributed by atoms with Gasteiger partial charge in [-0.15, -0.1) is 0 Å². The Bertz CT molecular complexity index is 411. The van der Waals surface area contributed by atoms with Crippen molar-refractivity contribution in [3.8, 4) is 0 Å². The topological polar surface area (TPSA) is 69.6 Å². The summed E-state index contributed by atoms with van der Waals surface area (Å²) in [7, 11) is 0. The van der Waals surface area contributed by atoms with Crippen LogP contribution >= 0.6 is 0 Å². The average molecular weight is 440 g/mol. The Morgan fingerprint density at radius 2 is 1.19 bits per heavy atom. The second kappa shape index (κ2) is 23.8. The van der Waals surface area contributed by atoms with Crippen LogP contribution in [0.25, 0.3) is 0 Å². The summed E-state index contributed by atoms with van der Waals surface area (Å²) in [6, 6.07) is -0.610. The van der Waals surface area contributed by atoms with Gasteiger partial charge in [-0.1, -0.05) is 122 Å². The minimum absolute atomic E-state index is 0.0797. The van der Waals surface area contributed by atoms with Crippen LogP contribution in [0.1, 0.15) is 136 Å². The molecule has 1 amide bonds. The molecular formula is C27H53NO3. The fourth-order valence-corrected chi connectivity index (χ4v) is 3.88. The highest BCUT2D eigenvalue weighted by Gasteiger charge is 2.17. The van der Waals surface area contributed by atoms with Gasteiger partial charge in [-0.05, 0) is 19.3 Å². The number of nitrogens with one attached hydrogen (secondary N) is 1. The van der Waals surface area contributed by atoms with Crippen molar-refractivity contribution in [2.24, 2.45) is 0 Å². The third-order valence-corrected chi connectivity index (χ3v) is 6.02. The van der Waals surface area contributed by atoms with Crippen molar-refractivity contribution >= 4 is 5.91 Å². The van der Waals surface area contributed by atoms with E-state index < -0.39 is 12.1 Å². The molecule has 0 aromatic rings. The van der Waals surface area contributed by atoms with Gasteiger partial charge in [-0.2, -0.15) is 0 Å². The van der Waals surface area contributed by atoms with Crippen LogP contribution in [0, 0.1) is 0 Å². The summed E-state index contributed by atoms with van der Waals surface area (Å²) < 4.78 is 0. The number of hydrogen-bond acceptors (Lipinski definition) is 3. The second-order valence-corrected chi connectivity index (χ2v) is 9.12. The summed E-state index contributed by atoms with van der Waals surface area (Å²) in [5, 5.41) is 22.5. The van der Waals surface area contributed by atoms with Gasteiger partial charge in [-0.3, -0.25) is 4.79 Å². The lowest BCUT2D eigenvalue weighted by molar-refractivity contribution is -0.123. The Hall–Kier alpha value is -0.870. The molecule has 0 heterocycles. The number of carbonyl (C=O) groups excluding carboxylic acids is 1. The van der Waals surface area contributed by atoms with E-state index in [-0.39, 0.29) is 12.5 Å². The van der Waals surface area contributed by atoms with Gasteiger partial charge in [0.2, 0.25) is 5.91 Å². The molecule has 0 bridgehead atoms. The first kappa shape index (κ1) is 30.1.